The number of fused-ring (bicyclic) bond motifs is 2. The summed E-state index contributed by atoms with van der Waals surface area (Å²) in [6.07, 6.45) is 5.54. The average Bonchev–Trinajstić information content (AvgIpc) is 3.18. The number of aromatic nitrogens is 3. The van der Waals surface area contributed by atoms with Crippen LogP contribution in [0, 0.1) is 6.92 Å². The molecule has 150 valence electrons. The van der Waals surface area contributed by atoms with Crippen molar-refractivity contribution < 1.29 is 9.08 Å². The van der Waals surface area contributed by atoms with Crippen LogP contribution in [0.5, 0.6) is 0 Å². The van der Waals surface area contributed by atoms with E-state index in [2.05, 4.69) is 32.1 Å². The van der Waals surface area contributed by atoms with Crippen LogP contribution in [0.4, 0.5) is 5.82 Å². The molecule has 0 unspecified atom stereocenters. The molecule has 0 bridgehead atoms. The first kappa shape index (κ1) is 19.4. The number of hydrogen-bond acceptors (Lipinski definition) is 7. The van der Waals surface area contributed by atoms with Gasteiger partial charge >= 0.3 is 5.63 Å². The van der Waals surface area contributed by atoms with Crippen molar-refractivity contribution in [2.75, 3.05) is 31.1 Å². The molecule has 2 N–H and O–H groups in total. The van der Waals surface area contributed by atoms with Gasteiger partial charge in [0, 0.05) is 56.2 Å². The molecule has 0 saturated carbocycles. The summed E-state index contributed by atoms with van der Waals surface area (Å²) < 4.78 is 14.0. The van der Waals surface area contributed by atoms with Crippen molar-refractivity contribution >= 4 is 34.3 Å². The molecule has 29 heavy (non-hydrogen) atoms. The second kappa shape index (κ2) is 8.20. The van der Waals surface area contributed by atoms with Gasteiger partial charge in [-0.3, -0.25) is 4.66 Å². The van der Waals surface area contributed by atoms with Gasteiger partial charge in [0.05, 0.1) is 23.1 Å². The molecule has 9 heteroatoms. The number of piperazine rings is 1. The topological polar surface area (TPSA) is 95.9 Å². The van der Waals surface area contributed by atoms with E-state index in [1.54, 1.807) is 6.20 Å². The fourth-order valence-electron chi connectivity index (χ4n) is 3.46. The first-order chi connectivity index (χ1) is 14.2. The van der Waals surface area contributed by atoms with E-state index in [1.165, 1.54) is 0 Å². The number of imidazole rings is 1. The van der Waals surface area contributed by atoms with Gasteiger partial charge < -0.3 is 19.0 Å². The minimum Gasteiger partial charge on any atom is -0.422 e. The number of rotatable bonds is 2. The smallest absolute Gasteiger partial charge is 0.345 e. The SMILES string of the molecule is Cc1ccn2cc(-c3cc4cnc(N5CCNCC5)cc4oc3=O)nc2c1.OCl. The Hall–Kier alpha value is -2.94. The molecule has 5 rings (SSSR count). The molecule has 0 radical (unpaired) electrons. The Morgan fingerprint density at radius 3 is 2.79 bits per heavy atom. The van der Waals surface area contributed by atoms with Crippen molar-refractivity contribution in [2.45, 2.75) is 6.92 Å². The van der Waals surface area contributed by atoms with Gasteiger partial charge in [-0.2, -0.15) is 0 Å². The molecule has 0 aliphatic carbocycles. The van der Waals surface area contributed by atoms with Crippen LogP contribution in [-0.4, -0.2) is 45.2 Å². The van der Waals surface area contributed by atoms with Gasteiger partial charge in [0.25, 0.3) is 0 Å². The van der Waals surface area contributed by atoms with Crippen molar-refractivity contribution in [3.63, 3.8) is 0 Å². The number of hydrogen-bond donors (Lipinski definition) is 2. The third kappa shape index (κ3) is 3.82. The molecule has 8 nitrogen and oxygen atoms in total. The molecule has 0 aromatic carbocycles. The van der Waals surface area contributed by atoms with E-state index in [1.807, 2.05) is 48.0 Å². The van der Waals surface area contributed by atoms with Crippen molar-refractivity contribution in [2.24, 2.45) is 0 Å². The van der Waals surface area contributed by atoms with Gasteiger partial charge in [0.1, 0.15) is 17.0 Å². The lowest BCUT2D eigenvalue weighted by atomic mass is 10.2. The third-order valence-corrected chi connectivity index (χ3v) is 4.94. The van der Waals surface area contributed by atoms with Crippen LogP contribution < -0.4 is 15.8 Å². The quantitative estimate of drug-likeness (QED) is 0.520. The molecule has 5 heterocycles. The van der Waals surface area contributed by atoms with Crippen molar-refractivity contribution in [3.8, 4) is 11.3 Å². The molecule has 0 amide bonds. The zero-order valence-corrected chi connectivity index (χ0v) is 16.6. The number of anilines is 1. The van der Waals surface area contributed by atoms with Crippen LogP contribution in [0.15, 0.2) is 52.1 Å². The van der Waals surface area contributed by atoms with Crippen LogP contribution in [0.3, 0.4) is 0 Å². The molecule has 1 aliphatic rings. The summed E-state index contributed by atoms with van der Waals surface area (Å²) in [7, 11) is 0. The fourth-order valence-corrected chi connectivity index (χ4v) is 3.46. The Kier molecular flexibility index (Phi) is 5.48. The van der Waals surface area contributed by atoms with Crippen molar-refractivity contribution in [1.29, 1.82) is 0 Å². The second-order valence-electron chi connectivity index (χ2n) is 6.86. The first-order valence-corrected chi connectivity index (χ1v) is 9.53. The van der Waals surface area contributed by atoms with E-state index < -0.39 is 0 Å². The number of pyridine rings is 2. The monoisotopic (exact) mass is 413 g/mol. The lowest BCUT2D eigenvalue weighted by Crippen LogP contribution is -2.43. The molecular formula is C20H20ClN5O3. The van der Waals surface area contributed by atoms with Gasteiger partial charge in [-0.05, 0) is 30.7 Å². The number of nitrogens with zero attached hydrogens (tertiary/aromatic N) is 4. The highest BCUT2D eigenvalue weighted by Crippen LogP contribution is 2.23. The van der Waals surface area contributed by atoms with E-state index in [-0.39, 0.29) is 5.63 Å². The van der Waals surface area contributed by atoms with Crippen molar-refractivity contribution in [3.05, 3.63) is 58.8 Å². The first-order valence-electron chi connectivity index (χ1n) is 9.20. The maximum Gasteiger partial charge on any atom is 0.345 e. The summed E-state index contributed by atoms with van der Waals surface area (Å²) in [4.78, 5) is 23.9. The highest BCUT2D eigenvalue weighted by Gasteiger charge is 2.15. The second-order valence-corrected chi connectivity index (χ2v) is 6.86. The highest BCUT2D eigenvalue weighted by atomic mass is 35.5. The summed E-state index contributed by atoms with van der Waals surface area (Å²) in [6, 6.07) is 7.64. The zero-order valence-electron chi connectivity index (χ0n) is 15.8. The van der Waals surface area contributed by atoms with Crippen LogP contribution in [-0.2, 0) is 0 Å². The summed E-state index contributed by atoms with van der Waals surface area (Å²) >= 11 is 3.64. The fraction of sp³-hybridized carbons (Fsp3) is 0.250. The van der Waals surface area contributed by atoms with E-state index >= 15 is 0 Å². The molecule has 1 saturated heterocycles. The van der Waals surface area contributed by atoms with Crippen LogP contribution in [0.2, 0.25) is 0 Å². The minimum absolute atomic E-state index is 0.389. The Labute approximate surface area is 171 Å². The van der Waals surface area contributed by atoms with Gasteiger partial charge in [0.2, 0.25) is 0 Å². The lowest BCUT2D eigenvalue weighted by molar-refractivity contribution is 0.560. The van der Waals surface area contributed by atoms with E-state index in [4.69, 9.17) is 9.08 Å². The molecule has 1 fully saturated rings. The predicted molar refractivity (Wildman–Crippen MR) is 112 cm³/mol. The zero-order chi connectivity index (χ0) is 20.4. The largest absolute Gasteiger partial charge is 0.422 e. The Bertz CT molecular complexity index is 1210. The Balaban J connectivity index is 0.000000994. The number of nitrogens with one attached hydrogen (secondary N) is 1. The van der Waals surface area contributed by atoms with Crippen molar-refractivity contribution in [1.82, 2.24) is 19.7 Å². The third-order valence-electron chi connectivity index (χ3n) is 4.94. The summed E-state index contributed by atoms with van der Waals surface area (Å²) in [5.41, 5.74) is 3.13. The average molecular weight is 414 g/mol. The van der Waals surface area contributed by atoms with Gasteiger partial charge in [-0.1, -0.05) is 0 Å². The Morgan fingerprint density at radius 2 is 2.00 bits per heavy atom. The van der Waals surface area contributed by atoms with E-state index in [0.29, 0.717) is 16.8 Å². The van der Waals surface area contributed by atoms with E-state index in [0.717, 1.165) is 48.6 Å². The standard InChI is InChI=1S/C20H19N5O2.ClHO/c1-13-2-5-25-12-16(23-19(25)8-13)15-9-14-11-22-18(10-17(14)27-20(15)26)24-6-3-21-4-7-24;1-2/h2,5,8-12,21H,3-4,6-7H2,1H3;2H. The minimum atomic E-state index is -0.389. The molecule has 0 atom stereocenters. The maximum absolute atomic E-state index is 12.6. The van der Waals surface area contributed by atoms with Gasteiger partial charge in [0.15, 0.2) is 0 Å². The number of aryl methyl sites for hydroxylation is 1. The maximum atomic E-state index is 12.6. The highest BCUT2D eigenvalue weighted by molar-refractivity contribution is 6.04. The normalized spacial score (nSPS) is 14.1. The van der Waals surface area contributed by atoms with Gasteiger partial charge in [-0.15, -0.1) is 0 Å². The molecular weight excluding hydrogens is 394 g/mol. The molecule has 0 spiro atoms. The summed E-state index contributed by atoms with van der Waals surface area (Å²) in [5, 5.41) is 4.11. The molecule has 4 aromatic heterocycles. The lowest BCUT2D eigenvalue weighted by Gasteiger charge is -2.28. The summed E-state index contributed by atoms with van der Waals surface area (Å²) in [5.74, 6) is 0.836. The van der Waals surface area contributed by atoms with Crippen LogP contribution >= 0.6 is 11.9 Å². The summed E-state index contributed by atoms with van der Waals surface area (Å²) in [6.45, 7) is 5.65. The van der Waals surface area contributed by atoms with Crippen LogP contribution in [0.25, 0.3) is 27.9 Å². The van der Waals surface area contributed by atoms with E-state index in [9.17, 15) is 4.79 Å². The molecule has 1 aliphatic heterocycles. The Morgan fingerprint density at radius 1 is 1.21 bits per heavy atom. The molecule has 4 aromatic rings. The van der Waals surface area contributed by atoms with Gasteiger partial charge in [-0.25, -0.2) is 14.8 Å². The number of halogens is 1. The van der Waals surface area contributed by atoms with Crippen LogP contribution in [0.1, 0.15) is 5.56 Å². The predicted octanol–water partition coefficient (Wildman–Crippen LogP) is 2.35.